The lowest BCUT2D eigenvalue weighted by Gasteiger charge is -2.35. The molecule has 0 amide bonds. The molecule has 0 bridgehead atoms. The third-order valence-corrected chi connectivity index (χ3v) is 19.2. The summed E-state index contributed by atoms with van der Waals surface area (Å²) in [6.45, 7) is 42.4. The molecule has 434 valence electrons. The molecule has 3 aromatic heterocycles. The van der Waals surface area contributed by atoms with Gasteiger partial charge in [-0.1, -0.05) is 258 Å². The van der Waals surface area contributed by atoms with Crippen LogP contribution in [0.15, 0.2) is 176 Å². The minimum atomic E-state index is -0.182. The molecule has 0 fully saturated rings. The Morgan fingerprint density at radius 2 is 0.690 bits per heavy atom. The summed E-state index contributed by atoms with van der Waals surface area (Å²) >= 11 is 0. The first kappa shape index (κ1) is 56.5. The Morgan fingerprint density at radius 3 is 1.07 bits per heavy atom. The topological polar surface area (TPSA) is 35.6 Å². The SMILES string of the molecule is CC(C)(C)c1ccc(-c2cc3c4c(c2)c2c(C(C)(C)C)cc(C(C)(C)C)cc2n4-c2cc(-c4cc(-c5ccccc5)nc(-c5ccccc5)n4)cc4c2B3c2cc(-c3ccc(C(C)(C)C)cc3)cc3c5c(C(C)(C)C)cc(C(C)(C)C)cc5n-4c23)cc1. The number of rotatable bonds is 5. The number of nitrogens with zero attached hydrogens (tertiary/aromatic N) is 4. The number of hydrogen-bond acceptors (Lipinski definition) is 2. The molecule has 0 unspecified atom stereocenters. The van der Waals surface area contributed by atoms with Gasteiger partial charge in [0.15, 0.2) is 5.82 Å². The average Bonchev–Trinajstić information content (AvgIpc) is 1.55. The highest BCUT2D eigenvalue weighted by atomic mass is 15.0. The lowest BCUT2D eigenvalue weighted by atomic mass is 9.34. The molecule has 12 aromatic rings. The molecule has 0 saturated heterocycles. The van der Waals surface area contributed by atoms with E-state index in [4.69, 9.17) is 9.97 Å². The van der Waals surface area contributed by atoms with Crippen molar-refractivity contribution in [2.45, 2.75) is 157 Å². The van der Waals surface area contributed by atoms with Crippen LogP contribution in [0.1, 0.15) is 158 Å². The molecule has 0 atom stereocenters. The van der Waals surface area contributed by atoms with Crippen LogP contribution in [0.25, 0.3) is 111 Å². The molecule has 5 heteroatoms. The van der Waals surface area contributed by atoms with Crippen molar-refractivity contribution in [1.82, 2.24) is 19.1 Å². The van der Waals surface area contributed by atoms with Gasteiger partial charge in [-0.05, 0) is 147 Å². The monoisotopic (exact) mass is 1130 g/mol. The maximum Gasteiger partial charge on any atom is 0.252 e. The van der Waals surface area contributed by atoms with Crippen LogP contribution < -0.4 is 16.4 Å². The van der Waals surface area contributed by atoms with E-state index in [-0.39, 0.29) is 39.2 Å². The second-order valence-corrected chi connectivity index (χ2v) is 31.6. The third-order valence-electron chi connectivity index (χ3n) is 19.2. The molecule has 2 aliphatic heterocycles. The van der Waals surface area contributed by atoms with E-state index in [1.165, 1.54) is 127 Å². The quantitative estimate of drug-likeness (QED) is 0.161. The summed E-state index contributed by atoms with van der Waals surface area (Å²) in [4.78, 5) is 11.0. The Kier molecular flexibility index (Phi) is 12.4. The maximum absolute atomic E-state index is 5.64. The summed E-state index contributed by atoms with van der Waals surface area (Å²) < 4.78 is 5.41. The Hall–Kier alpha value is -8.28. The van der Waals surface area contributed by atoms with Gasteiger partial charge >= 0.3 is 0 Å². The van der Waals surface area contributed by atoms with Gasteiger partial charge in [0.2, 0.25) is 0 Å². The van der Waals surface area contributed by atoms with Crippen LogP contribution in [0.3, 0.4) is 0 Å². The lowest BCUT2D eigenvalue weighted by molar-refractivity contribution is 0.572. The zero-order chi connectivity index (χ0) is 61.4. The minimum Gasteiger partial charge on any atom is -0.310 e. The van der Waals surface area contributed by atoms with Gasteiger partial charge < -0.3 is 9.13 Å². The molecule has 0 saturated carbocycles. The molecule has 5 heterocycles. The van der Waals surface area contributed by atoms with Gasteiger partial charge in [-0.3, -0.25) is 0 Å². The van der Waals surface area contributed by atoms with Crippen LogP contribution in [-0.2, 0) is 32.5 Å². The Morgan fingerprint density at radius 1 is 0.310 bits per heavy atom. The zero-order valence-electron chi connectivity index (χ0n) is 54.6. The largest absolute Gasteiger partial charge is 0.310 e. The van der Waals surface area contributed by atoms with Gasteiger partial charge in [-0.15, -0.1) is 0 Å². The summed E-state index contributed by atoms with van der Waals surface area (Å²) in [6.07, 6.45) is 0. The van der Waals surface area contributed by atoms with Crippen LogP contribution in [-0.4, -0.2) is 25.8 Å². The van der Waals surface area contributed by atoms with Crippen molar-refractivity contribution in [3.63, 3.8) is 0 Å². The number of hydrogen-bond donors (Lipinski definition) is 0. The molecule has 0 aliphatic carbocycles. The van der Waals surface area contributed by atoms with Crippen LogP contribution >= 0.6 is 0 Å². The zero-order valence-corrected chi connectivity index (χ0v) is 54.6. The molecule has 0 spiro atoms. The van der Waals surface area contributed by atoms with Crippen molar-refractivity contribution in [2.24, 2.45) is 0 Å². The molecule has 9 aromatic carbocycles. The molecule has 0 N–H and O–H groups in total. The summed E-state index contributed by atoms with van der Waals surface area (Å²) in [5.74, 6) is 0.704. The molecule has 87 heavy (non-hydrogen) atoms. The van der Waals surface area contributed by atoms with E-state index in [0.29, 0.717) is 5.82 Å². The first-order chi connectivity index (χ1) is 40.9. The fraction of sp³-hybridized carbons (Fsp3) is 0.293. The highest BCUT2D eigenvalue weighted by Crippen LogP contribution is 2.49. The maximum atomic E-state index is 5.64. The van der Waals surface area contributed by atoms with Gasteiger partial charge in [0, 0.05) is 60.6 Å². The average molecular weight is 1140 g/mol. The molecule has 14 rings (SSSR count). The summed E-state index contributed by atoms with van der Waals surface area (Å²) in [7, 11) is 0. The molecule has 0 radical (unpaired) electrons. The number of aromatic nitrogens is 4. The van der Waals surface area contributed by atoms with Crippen molar-refractivity contribution in [1.29, 1.82) is 0 Å². The number of fused-ring (bicyclic) bond motifs is 10. The standard InChI is InChI=1S/C82H83BN4/c1-77(2,3)55-33-29-48(30-34-55)52-37-59-71-61(81(13,14)15)43-57(79(7,8)9)45-67(71)86-69-41-54(66-47-65(50-25-21-19-22-26-50)84-76(85-66)51-27-23-20-24-28-51)42-70-73(69)83(63(39-52)74(59)86)64-40-53(49-31-35-56(36-32-49)78(4,5)6)38-60-72-62(82(16,17)18)44-58(80(10,11)12)46-68(72)87(70)75(60)64/h19-47H,1-18H3. The summed E-state index contributed by atoms with van der Waals surface area (Å²) in [6, 6.07) is 67.7. The van der Waals surface area contributed by atoms with Crippen molar-refractivity contribution in [3.8, 4) is 67.5 Å². The fourth-order valence-electron chi connectivity index (χ4n) is 14.2. The summed E-state index contributed by atoms with van der Waals surface area (Å²) in [5, 5.41) is 5.23. The Labute approximate surface area is 516 Å². The second-order valence-electron chi connectivity index (χ2n) is 31.6. The highest BCUT2D eigenvalue weighted by Gasteiger charge is 2.44. The van der Waals surface area contributed by atoms with Crippen LogP contribution in [0.2, 0.25) is 0 Å². The van der Waals surface area contributed by atoms with Gasteiger partial charge in [0.05, 0.1) is 22.4 Å². The van der Waals surface area contributed by atoms with Crippen LogP contribution in [0, 0.1) is 0 Å². The molecular weight excluding hydrogens is 1050 g/mol. The first-order valence-corrected chi connectivity index (χ1v) is 31.7. The van der Waals surface area contributed by atoms with Crippen molar-refractivity contribution in [3.05, 3.63) is 209 Å². The van der Waals surface area contributed by atoms with Gasteiger partial charge in [0.1, 0.15) is 0 Å². The fourth-order valence-corrected chi connectivity index (χ4v) is 14.2. The predicted molar refractivity (Wildman–Crippen MR) is 375 cm³/mol. The smallest absolute Gasteiger partial charge is 0.252 e. The van der Waals surface area contributed by atoms with E-state index < -0.39 is 0 Å². The molecule has 2 aliphatic rings. The first-order valence-electron chi connectivity index (χ1n) is 31.7. The van der Waals surface area contributed by atoms with E-state index in [1.807, 2.05) is 0 Å². The third kappa shape index (κ3) is 9.23. The normalized spacial score (nSPS) is 13.6. The second kappa shape index (κ2) is 19.1. The van der Waals surface area contributed by atoms with E-state index >= 15 is 0 Å². The van der Waals surface area contributed by atoms with Crippen molar-refractivity contribution >= 4 is 66.7 Å². The molecule has 4 nitrogen and oxygen atoms in total. The Bertz CT molecular complexity index is 4500. The van der Waals surface area contributed by atoms with E-state index in [1.54, 1.807) is 0 Å². The van der Waals surface area contributed by atoms with E-state index in [9.17, 15) is 0 Å². The van der Waals surface area contributed by atoms with E-state index in [2.05, 4.69) is 310 Å². The van der Waals surface area contributed by atoms with Crippen molar-refractivity contribution in [2.75, 3.05) is 0 Å². The number of benzene rings is 9. The van der Waals surface area contributed by atoms with E-state index in [0.717, 1.165) is 28.1 Å². The summed E-state index contributed by atoms with van der Waals surface area (Å²) in [5.41, 5.74) is 28.7. The lowest BCUT2D eigenvalue weighted by Crippen LogP contribution is -2.59. The van der Waals surface area contributed by atoms with Gasteiger partial charge in [-0.25, -0.2) is 9.97 Å². The van der Waals surface area contributed by atoms with Crippen LogP contribution in [0.5, 0.6) is 0 Å². The molecular formula is C82H83BN4. The predicted octanol–water partition coefficient (Wildman–Crippen LogP) is 19.9. The highest BCUT2D eigenvalue weighted by molar-refractivity contribution is 7.00. The van der Waals surface area contributed by atoms with Crippen molar-refractivity contribution < 1.29 is 0 Å². The van der Waals surface area contributed by atoms with Crippen LogP contribution in [0.4, 0.5) is 0 Å². The Balaban J connectivity index is 1.21. The van der Waals surface area contributed by atoms with Gasteiger partial charge in [0.25, 0.3) is 6.71 Å². The van der Waals surface area contributed by atoms with Gasteiger partial charge in [-0.2, -0.15) is 0 Å². The minimum absolute atomic E-state index is 0.0236.